The molecular formula is C14H14FNO3S. The number of anilines is 1. The van der Waals surface area contributed by atoms with Crippen molar-refractivity contribution in [1.29, 1.82) is 0 Å². The van der Waals surface area contributed by atoms with Crippen molar-refractivity contribution < 1.29 is 17.5 Å². The van der Waals surface area contributed by atoms with Crippen LogP contribution >= 0.6 is 0 Å². The van der Waals surface area contributed by atoms with Gasteiger partial charge in [-0.1, -0.05) is 12.1 Å². The van der Waals surface area contributed by atoms with E-state index in [2.05, 4.69) is 0 Å². The summed E-state index contributed by atoms with van der Waals surface area (Å²) in [6.07, 6.45) is 0. The van der Waals surface area contributed by atoms with Gasteiger partial charge in [-0.15, -0.1) is 0 Å². The number of nitrogens with two attached hydrogens (primary N) is 1. The predicted octanol–water partition coefficient (Wildman–Crippen LogP) is 2.39. The second kappa shape index (κ2) is 5.50. The molecule has 0 aliphatic heterocycles. The monoisotopic (exact) mass is 295 g/mol. The molecule has 106 valence electrons. The Balaban J connectivity index is 2.41. The lowest BCUT2D eigenvalue weighted by atomic mass is 10.2. The van der Waals surface area contributed by atoms with Crippen LogP contribution in [0.3, 0.4) is 0 Å². The summed E-state index contributed by atoms with van der Waals surface area (Å²) in [5, 5.41) is 0. The summed E-state index contributed by atoms with van der Waals surface area (Å²) in [6, 6.07) is 10.1. The van der Waals surface area contributed by atoms with Gasteiger partial charge in [0.05, 0.1) is 17.8 Å². The normalized spacial score (nSPS) is 11.3. The van der Waals surface area contributed by atoms with Crippen LogP contribution in [0.15, 0.2) is 47.4 Å². The molecule has 0 aliphatic carbocycles. The van der Waals surface area contributed by atoms with Crippen LogP contribution in [0.25, 0.3) is 0 Å². The van der Waals surface area contributed by atoms with E-state index in [-0.39, 0.29) is 16.1 Å². The first-order valence-corrected chi connectivity index (χ1v) is 7.49. The van der Waals surface area contributed by atoms with Crippen molar-refractivity contribution in [2.24, 2.45) is 0 Å². The largest absolute Gasteiger partial charge is 0.497 e. The van der Waals surface area contributed by atoms with E-state index in [0.717, 1.165) is 0 Å². The number of hydrogen-bond donors (Lipinski definition) is 1. The lowest BCUT2D eigenvalue weighted by Gasteiger charge is -2.09. The highest BCUT2D eigenvalue weighted by molar-refractivity contribution is 7.90. The van der Waals surface area contributed by atoms with Gasteiger partial charge in [-0.05, 0) is 30.3 Å². The quantitative estimate of drug-likeness (QED) is 0.879. The molecule has 0 saturated carbocycles. The van der Waals surface area contributed by atoms with Gasteiger partial charge in [0.15, 0.2) is 9.84 Å². The van der Waals surface area contributed by atoms with E-state index in [1.165, 1.54) is 37.4 Å². The molecule has 0 spiro atoms. The summed E-state index contributed by atoms with van der Waals surface area (Å²) < 4.78 is 43.3. The highest BCUT2D eigenvalue weighted by Crippen LogP contribution is 2.24. The fourth-order valence-electron chi connectivity index (χ4n) is 1.80. The second-order valence-electron chi connectivity index (χ2n) is 4.25. The number of hydrogen-bond acceptors (Lipinski definition) is 4. The summed E-state index contributed by atoms with van der Waals surface area (Å²) >= 11 is 0. The van der Waals surface area contributed by atoms with Crippen LogP contribution in [-0.4, -0.2) is 15.5 Å². The van der Waals surface area contributed by atoms with E-state index < -0.39 is 21.4 Å². The van der Waals surface area contributed by atoms with Crippen molar-refractivity contribution >= 4 is 15.5 Å². The zero-order valence-corrected chi connectivity index (χ0v) is 11.7. The molecule has 2 rings (SSSR count). The minimum absolute atomic E-state index is 0.0182. The van der Waals surface area contributed by atoms with Crippen LogP contribution in [0.5, 0.6) is 5.75 Å². The maximum absolute atomic E-state index is 13.7. The molecule has 0 heterocycles. The van der Waals surface area contributed by atoms with Crippen LogP contribution in [0.1, 0.15) is 5.56 Å². The highest BCUT2D eigenvalue weighted by Gasteiger charge is 2.19. The topological polar surface area (TPSA) is 69.4 Å². The molecule has 0 bridgehead atoms. The number of ether oxygens (including phenoxy) is 1. The van der Waals surface area contributed by atoms with Gasteiger partial charge in [0, 0.05) is 11.3 Å². The van der Waals surface area contributed by atoms with E-state index >= 15 is 0 Å². The fourth-order valence-corrected chi connectivity index (χ4v) is 3.23. The Morgan fingerprint density at radius 1 is 1.20 bits per heavy atom. The first-order chi connectivity index (χ1) is 9.44. The summed E-state index contributed by atoms with van der Waals surface area (Å²) in [5.41, 5.74) is 5.74. The molecule has 4 nitrogen and oxygen atoms in total. The molecular weight excluding hydrogens is 281 g/mol. The molecule has 2 aromatic carbocycles. The number of halogens is 1. The van der Waals surface area contributed by atoms with Crippen LogP contribution in [0, 0.1) is 5.82 Å². The van der Waals surface area contributed by atoms with E-state index in [4.69, 9.17) is 10.5 Å². The van der Waals surface area contributed by atoms with Crippen molar-refractivity contribution in [1.82, 2.24) is 0 Å². The Morgan fingerprint density at radius 2 is 1.90 bits per heavy atom. The Hall–Kier alpha value is -2.08. The van der Waals surface area contributed by atoms with Gasteiger partial charge < -0.3 is 10.5 Å². The van der Waals surface area contributed by atoms with E-state index in [1.807, 2.05) is 0 Å². The molecule has 20 heavy (non-hydrogen) atoms. The zero-order chi connectivity index (χ0) is 14.8. The molecule has 2 aromatic rings. The van der Waals surface area contributed by atoms with Gasteiger partial charge in [0.25, 0.3) is 0 Å². The number of rotatable bonds is 4. The number of sulfone groups is 1. The third-order valence-electron chi connectivity index (χ3n) is 2.89. The smallest absolute Gasteiger partial charge is 0.182 e. The highest BCUT2D eigenvalue weighted by atomic mass is 32.2. The van der Waals surface area contributed by atoms with Gasteiger partial charge in [-0.3, -0.25) is 0 Å². The zero-order valence-electron chi connectivity index (χ0n) is 10.8. The third-order valence-corrected chi connectivity index (χ3v) is 4.53. The molecule has 0 saturated heterocycles. The van der Waals surface area contributed by atoms with Crippen molar-refractivity contribution in [2.45, 2.75) is 10.6 Å². The summed E-state index contributed by atoms with van der Waals surface area (Å²) in [5.74, 6) is -0.692. The van der Waals surface area contributed by atoms with Gasteiger partial charge in [-0.2, -0.15) is 0 Å². The SMILES string of the molecule is COc1cccc(S(=O)(=O)Cc2c(N)cccc2F)c1. The summed E-state index contributed by atoms with van der Waals surface area (Å²) in [6.45, 7) is 0. The van der Waals surface area contributed by atoms with E-state index in [9.17, 15) is 12.8 Å². The average Bonchev–Trinajstić information content (AvgIpc) is 2.43. The Bertz CT molecular complexity index is 709. The lowest BCUT2D eigenvalue weighted by Crippen LogP contribution is -2.09. The van der Waals surface area contributed by atoms with Crippen molar-refractivity contribution in [3.8, 4) is 5.75 Å². The van der Waals surface area contributed by atoms with Crippen molar-refractivity contribution in [2.75, 3.05) is 12.8 Å². The Labute approximate surface area is 116 Å². The first-order valence-electron chi connectivity index (χ1n) is 5.84. The summed E-state index contributed by atoms with van der Waals surface area (Å²) in [7, 11) is -2.25. The standard InChI is InChI=1S/C14H14FNO3S/c1-19-10-4-2-5-11(8-10)20(17,18)9-12-13(15)6-3-7-14(12)16/h2-8H,9,16H2,1H3. The lowest BCUT2D eigenvalue weighted by molar-refractivity contribution is 0.413. The molecule has 0 fully saturated rings. The maximum atomic E-state index is 13.7. The Kier molecular flexibility index (Phi) is 3.94. The summed E-state index contributed by atoms with van der Waals surface area (Å²) in [4.78, 5) is 0.0690. The molecule has 0 aromatic heterocycles. The number of benzene rings is 2. The fraction of sp³-hybridized carbons (Fsp3) is 0.143. The average molecular weight is 295 g/mol. The van der Waals surface area contributed by atoms with Gasteiger partial charge in [0.2, 0.25) is 0 Å². The maximum Gasteiger partial charge on any atom is 0.182 e. The van der Waals surface area contributed by atoms with E-state index in [1.54, 1.807) is 12.1 Å². The van der Waals surface area contributed by atoms with Crippen LogP contribution in [-0.2, 0) is 15.6 Å². The molecule has 2 N–H and O–H groups in total. The van der Waals surface area contributed by atoms with Gasteiger partial charge in [0.1, 0.15) is 11.6 Å². The minimum atomic E-state index is -3.69. The van der Waals surface area contributed by atoms with Crippen LogP contribution < -0.4 is 10.5 Å². The van der Waals surface area contributed by atoms with Crippen LogP contribution in [0.2, 0.25) is 0 Å². The Morgan fingerprint density at radius 3 is 2.55 bits per heavy atom. The van der Waals surface area contributed by atoms with Crippen LogP contribution in [0.4, 0.5) is 10.1 Å². The molecule has 0 unspecified atom stereocenters. The molecule has 0 aliphatic rings. The van der Waals surface area contributed by atoms with Gasteiger partial charge in [-0.25, -0.2) is 12.8 Å². The molecule has 0 atom stereocenters. The van der Waals surface area contributed by atoms with E-state index in [0.29, 0.717) is 5.75 Å². The van der Waals surface area contributed by atoms with Crippen molar-refractivity contribution in [3.05, 3.63) is 53.8 Å². The molecule has 0 radical (unpaired) electrons. The minimum Gasteiger partial charge on any atom is -0.497 e. The predicted molar refractivity (Wildman–Crippen MR) is 74.7 cm³/mol. The van der Waals surface area contributed by atoms with Gasteiger partial charge >= 0.3 is 0 Å². The number of nitrogen functional groups attached to an aromatic ring is 1. The molecule has 6 heteroatoms. The first kappa shape index (κ1) is 14.3. The number of methoxy groups -OCH3 is 1. The molecule has 0 amide bonds. The third kappa shape index (κ3) is 2.91. The second-order valence-corrected chi connectivity index (χ2v) is 6.24. The van der Waals surface area contributed by atoms with Crippen molar-refractivity contribution in [3.63, 3.8) is 0 Å².